The van der Waals surface area contributed by atoms with Crippen LogP contribution in [-0.4, -0.2) is 23.8 Å². The number of hydrogen-bond acceptors (Lipinski definition) is 2. The van der Waals surface area contributed by atoms with E-state index >= 15 is 0 Å². The molecule has 0 spiro atoms. The number of fused-ring (bicyclic) bond motifs is 1. The fourth-order valence-corrected chi connectivity index (χ4v) is 2.97. The molecule has 1 saturated heterocycles. The molecule has 96 valence electrons. The molecule has 0 radical (unpaired) electrons. The first kappa shape index (κ1) is 11.8. The number of hydrogen-bond donors (Lipinski definition) is 1. The molecule has 3 heteroatoms. The SMILES string of the molecule is Cc1c(C2OCCNC2C)c2ccccc2n1C. The quantitative estimate of drug-likeness (QED) is 0.834. The highest BCUT2D eigenvalue weighted by molar-refractivity contribution is 5.86. The van der Waals surface area contributed by atoms with Crippen LogP contribution in [0.3, 0.4) is 0 Å². The summed E-state index contributed by atoms with van der Waals surface area (Å²) in [5.41, 5.74) is 3.93. The Hall–Kier alpha value is -1.32. The summed E-state index contributed by atoms with van der Waals surface area (Å²) in [6.45, 7) is 6.12. The zero-order valence-corrected chi connectivity index (χ0v) is 11.2. The molecule has 2 unspecified atom stereocenters. The van der Waals surface area contributed by atoms with Crippen LogP contribution in [0.1, 0.15) is 24.3 Å². The van der Waals surface area contributed by atoms with E-state index in [9.17, 15) is 0 Å². The molecule has 1 N–H and O–H groups in total. The van der Waals surface area contributed by atoms with Gasteiger partial charge in [-0.15, -0.1) is 0 Å². The highest BCUT2D eigenvalue weighted by Gasteiger charge is 2.28. The molecule has 3 rings (SSSR count). The van der Waals surface area contributed by atoms with Crippen molar-refractivity contribution in [3.8, 4) is 0 Å². The van der Waals surface area contributed by atoms with Crippen molar-refractivity contribution >= 4 is 10.9 Å². The first-order valence-corrected chi connectivity index (χ1v) is 6.59. The van der Waals surface area contributed by atoms with Crippen LogP contribution in [0.25, 0.3) is 10.9 Å². The zero-order valence-electron chi connectivity index (χ0n) is 11.2. The van der Waals surface area contributed by atoms with Crippen LogP contribution < -0.4 is 5.32 Å². The van der Waals surface area contributed by atoms with E-state index in [1.807, 2.05) is 0 Å². The van der Waals surface area contributed by atoms with Crippen molar-refractivity contribution in [2.24, 2.45) is 7.05 Å². The monoisotopic (exact) mass is 244 g/mol. The van der Waals surface area contributed by atoms with Crippen molar-refractivity contribution in [1.29, 1.82) is 0 Å². The molecule has 1 aromatic carbocycles. The Morgan fingerprint density at radius 2 is 2.11 bits per heavy atom. The van der Waals surface area contributed by atoms with E-state index < -0.39 is 0 Å². The molecule has 2 atom stereocenters. The van der Waals surface area contributed by atoms with Gasteiger partial charge in [0.2, 0.25) is 0 Å². The number of rotatable bonds is 1. The fraction of sp³-hybridized carbons (Fsp3) is 0.467. The molecule has 3 nitrogen and oxygen atoms in total. The molecule has 18 heavy (non-hydrogen) atoms. The second-order valence-electron chi connectivity index (χ2n) is 5.11. The Balaban J connectivity index is 2.18. The number of benzene rings is 1. The van der Waals surface area contributed by atoms with Gasteiger partial charge in [-0.1, -0.05) is 18.2 Å². The van der Waals surface area contributed by atoms with Gasteiger partial charge in [-0.25, -0.2) is 0 Å². The molecule has 2 heterocycles. The van der Waals surface area contributed by atoms with Gasteiger partial charge in [0, 0.05) is 41.8 Å². The number of nitrogens with one attached hydrogen (secondary N) is 1. The van der Waals surface area contributed by atoms with Crippen molar-refractivity contribution in [2.45, 2.75) is 26.0 Å². The smallest absolute Gasteiger partial charge is 0.0998 e. The van der Waals surface area contributed by atoms with Crippen molar-refractivity contribution in [3.63, 3.8) is 0 Å². The first-order chi connectivity index (χ1) is 8.70. The normalized spacial score (nSPS) is 24.6. The first-order valence-electron chi connectivity index (χ1n) is 6.59. The standard InChI is InChI=1S/C15H20N2O/c1-10-15(18-9-8-16-10)14-11(2)17(3)13-7-5-4-6-12(13)14/h4-7,10,15-16H,8-9H2,1-3H3. The predicted octanol–water partition coefficient (Wildman–Crippen LogP) is 2.54. The van der Waals surface area contributed by atoms with Gasteiger partial charge in [0.25, 0.3) is 0 Å². The lowest BCUT2D eigenvalue weighted by Crippen LogP contribution is -2.41. The Bertz CT molecular complexity index is 573. The second kappa shape index (κ2) is 4.41. The maximum Gasteiger partial charge on any atom is 0.0998 e. The van der Waals surface area contributed by atoms with Crippen LogP contribution in [-0.2, 0) is 11.8 Å². The minimum absolute atomic E-state index is 0.157. The van der Waals surface area contributed by atoms with Crippen molar-refractivity contribution in [1.82, 2.24) is 9.88 Å². The van der Waals surface area contributed by atoms with Gasteiger partial charge in [-0.3, -0.25) is 0 Å². The van der Waals surface area contributed by atoms with E-state index in [0.29, 0.717) is 6.04 Å². The van der Waals surface area contributed by atoms with Crippen molar-refractivity contribution in [2.75, 3.05) is 13.2 Å². The van der Waals surface area contributed by atoms with E-state index in [1.165, 1.54) is 22.2 Å². The van der Waals surface area contributed by atoms with Crippen LogP contribution in [0.5, 0.6) is 0 Å². The summed E-state index contributed by atoms with van der Waals surface area (Å²) >= 11 is 0. The fourth-order valence-electron chi connectivity index (χ4n) is 2.97. The van der Waals surface area contributed by atoms with E-state index in [2.05, 4.69) is 55.0 Å². The summed E-state index contributed by atoms with van der Waals surface area (Å²) in [6, 6.07) is 8.93. The number of aromatic nitrogens is 1. The minimum atomic E-state index is 0.157. The maximum atomic E-state index is 6.00. The van der Waals surface area contributed by atoms with Gasteiger partial charge >= 0.3 is 0 Å². The number of para-hydroxylation sites is 1. The molecule has 0 aliphatic carbocycles. The molecule has 0 bridgehead atoms. The predicted molar refractivity (Wildman–Crippen MR) is 73.8 cm³/mol. The van der Waals surface area contributed by atoms with Crippen LogP contribution in [0.15, 0.2) is 24.3 Å². The molecular formula is C15H20N2O. The Morgan fingerprint density at radius 1 is 1.33 bits per heavy atom. The van der Waals surface area contributed by atoms with Crippen LogP contribution in [0.4, 0.5) is 0 Å². The number of nitrogens with zero attached hydrogens (tertiary/aromatic N) is 1. The highest BCUT2D eigenvalue weighted by Crippen LogP contribution is 2.34. The van der Waals surface area contributed by atoms with Crippen LogP contribution in [0, 0.1) is 6.92 Å². The summed E-state index contributed by atoms with van der Waals surface area (Å²) in [6.07, 6.45) is 0.157. The van der Waals surface area contributed by atoms with E-state index in [-0.39, 0.29) is 6.10 Å². The molecular weight excluding hydrogens is 224 g/mol. The van der Waals surface area contributed by atoms with E-state index in [4.69, 9.17) is 4.74 Å². The maximum absolute atomic E-state index is 6.00. The van der Waals surface area contributed by atoms with Crippen LogP contribution in [0.2, 0.25) is 0 Å². The lowest BCUT2D eigenvalue weighted by molar-refractivity contribution is 0.000198. The summed E-state index contributed by atoms with van der Waals surface area (Å²) < 4.78 is 8.26. The zero-order chi connectivity index (χ0) is 12.7. The van der Waals surface area contributed by atoms with Gasteiger partial charge < -0.3 is 14.6 Å². The molecule has 2 aromatic rings. The lowest BCUT2D eigenvalue weighted by Gasteiger charge is -2.31. The third-order valence-corrected chi connectivity index (χ3v) is 4.05. The Morgan fingerprint density at radius 3 is 2.89 bits per heavy atom. The minimum Gasteiger partial charge on any atom is -0.370 e. The van der Waals surface area contributed by atoms with Gasteiger partial charge in [-0.2, -0.15) is 0 Å². The molecule has 1 aliphatic rings. The average molecular weight is 244 g/mol. The van der Waals surface area contributed by atoms with Gasteiger partial charge in [0.1, 0.15) is 0 Å². The molecule has 0 saturated carbocycles. The van der Waals surface area contributed by atoms with Gasteiger partial charge in [0.15, 0.2) is 0 Å². The lowest BCUT2D eigenvalue weighted by atomic mass is 9.99. The summed E-state index contributed by atoms with van der Waals surface area (Å²) in [4.78, 5) is 0. The molecule has 1 aliphatic heterocycles. The van der Waals surface area contributed by atoms with Gasteiger partial charge in [-0.05, 0) is 19.9 Å². The Labute approximate surface area is 108 Å². The molecule has 1 aromatic heterocycles. The van der Waals surface area contributed by atoms with Crippen LogP contribution >= 0.6 is 0 Å². The topological polar surface area (TPSA) is 26.2 Å². The number of aryl methyl sites for hydroxylation is 1. The third kappa shape index (κ3) is 1.66. The number of ether oxygens (including phenoxy) is 1. The highest BCUT2D eigenvalue weighted by atomic mass is 16.5. The largest absolute Gasteiger partial charge is 0.370 e. The van der Waals surface area contributed by atoms with E-state index in [1.54, 1.807) is 0 Å². The number of morpholine rings is 1. The Kier molecular flexibility index (Phi) is 2.88. The van der Waals surface area contributed by atoms with Crippen molar-refractivity contribution in [3.05, 3.63) is 35.5 Å². The third-order valence-electron chi connectivity index (χ3n) is 4.05. The second-order valence-corrected chi connectivity index (χ2v) is 5.11. The summed E-state index contributed by atoms with van der Waals surface area (Å²) in [5, 5.41) is 4.82. The van der Waals surface area contributed by atoms with Crippen molar-refractivity contribution < 1.29 is 4.74 Å². The van der Waals surface area contributed by atoms with Gasteiger partial charge in [0.05, 0.1) is 12.7 Å². The van der Waals surface area contributed by atoms with E-state index in [0.717, 1.165) is 13.2 Å². The molecule has 0 amide bonds. The molecule has 1 fully saturated rings. The summed E-state index contributed by atoms with van der Waals surface area (Å²) in [7, 11) is 2.13. The summed E-state index contributed by atoms with van der Waals surface area (Å²) in [5.74, 6) is 0. The average Bonchev–Trinajstić information content (AvgIpc) is 2.64.